The van der Waals surface area contributed by atoms with Crippen LogP contribution in [0.2, 0.25) is 0 Å². The van der Waals surface area contributed by atoms with E-state index in [9.17, 15) is 19.7 Å². The normalized spacial score (nSPS) is 9.96. The lowest BCUT2D eigenvalue weighted by Crippen LogP contribution is -2.18. The third kappa shape index (κ3) is 3.43. The Labute approximate surface area is 130 Å². The zero-order chi connectivity index (χ0) is 17.0. The quantitative estimate of drug-likeness (QED) is 0.646. The van der Waals surface area contributed by atoms with E-state index in [-0.39, 0.29) is 0 Å². The Bertz CT molecular complexity index is 738. The van der Waals surface area contributed by atoms with Crippen LogP contribution in [0.1, 0.15) is 20.7 Å². The second kappa shape index (κ2) is 6.56. The van der Waals surface area contributed by atoms with Gasteiger partial charge in [0.15, 0.2) is 0 Å². The van der Waals surface area contributed by atoms with Gasteiger partial charge in [0, 0.05) is 11.8 Å². The third-order valence-electron chi connectivity index (χ3n) is 3.04. The highest BCUT2D eigenvalue weighted by atomic mass is 16.6. The van der Waals surface area contributed by atoms with Crippen molar-refractivity contribution in [3.8, 4) is 5.75 Å². The van der Waals surface area contributed by atoms with Crippen molar-refractivity contribution in [2.45, 2.75) is 0 Å². The number of rotatable bonds is 5. The Morgan fingerprint density at radius 1 is 1.17 bits per heavy atom. The first-order chi connectivity index (χ1) is 10.9. The molecule has 0 fully saturated rings. The first-order valence-corrected chi connectivity index (χ1v) is 6.40. The number of nitro benzene ring substituents is 1. The summed E-state index contributed by atoms with van der Waals surface area (Å²) in [5, 5.41) is 22.6. The minimum Gasteiger partial charge on any atom is -0.497 e. The molecule has 8 nitrogen and oxygen atoms in total. The molecule has 23 heavy (non-hydrogen) atoms. The van der Waals surface area contributed by atoms with Crippen molar-refractivity contribution in [3.63, 3.8) is 0 Å². The lowest BCUT2D eigenvalue weighted by Gasteiger charge is -2.09. The Morgan fingerprint density at radius 2 is 1.83 bits per heavy atom. The number of nitrogens with zero attached hydrogens (tertiary/aromatic N) is 1. The molecule has 0 aliphatic rings. The van der Waals surface area contributed by atoms with E-state index in [4.69, 9.17) is 9.84 Å². The summed E-state index contributed by atoms with van der Waals surface area (Å²) >= 11 is 0. The van der Waals surface area contributed by atoms with Gasteiger partial charge in [0.1, 0.15) is 11.3 Å². The van der Waals surface area contributed by atoms with E-state index in [1.165, 1.54) is 25.3 Å². The molecule has 2 N–H and O–H groups in total. The van der Waals surface area contributed by atoms with Crippen LogP contribution in [0.15, 0.2) is 42.5 Å². The monoisotopic (exact) mass is 316 g/mol. The SMILES string of the molecule is COc1ccc(NC(=O)c2c(C(=O)O)cccc2[N+](=O)[O-])cc1. The van der Waals surface area contributed by atoms with Crippen LogP contribution >= 0.6 is 0 Å². The van der Waals surface area contributed by atoms with E-state index < -0.39 is 33.6 Å². The molecule has 0 radical (unpaired) electrons. The summed E-state index contributed by atoms with van der Waals surface area (Å²) in [6, 6.07) is 9.68. The number of aromatic carboxylic acids is 1. The van der Waals surface area contributed by atoms with Gasteiger partial charge in [-0.2, -0.15) is 0 Å². The minimum absolute atomic E-state index is 0.352. The van der Waals surface area contributed by atoms with Crippen LogP contribution in [0.4, 0.5) is 11.4 Å². The molecule has 118 valence electrons. The van der Waals surface area contributed by atoms with E-state index in [0.717, 1.165) is 12.1 Å². The zero-order valence-electron chi connectivity index (χ0n) is 12.0. The number of carbonyl (C=O) groups excluding carboxylic acids is 1. The van der Waals surface area contributed by atoms with Crippen molar-refractivity contribution in [2.24, 2.45) is 0 Å². The number of benzene rings is 2. The molecule has 8 heteroatoms. The lowest BCUT2D eigenvalue weighted by molar-refractivity contribution is -0.385. The average molecular weight is 316 g/mol. The maximum Gasteiger partial charge on any atom is 0.336 e. The summed E-state index contributed by atoms with van der Waals surface area (Å²) in [6.07, 6.45) is 0. The highest BCUT2D eigenvalue weighted by Gasteiger charge is 2.27. The molecule has 0 spiro atoms. The van der Waals surface area contributed by atoms with Gasteiger partial charge in [-0.15, -0.1) is 0 Å². The fourth-order valence-corrected chi connectivity index (χ4v) is 1.98. The molecule has 0 saturated carbocycles. The highest BCUT2D eigenvalue weighted by molar-refractivity contribution is 6.13. The predicted octanol–water partition coefficient (Wildman–Crippen LogP) is 2.55. The zero-order valence-corrected chi connectivity index (χ0v) is 12.0. The van der Waals surface area contributed by atoms with Gasteiger partial charge >= 0.3 is 5.97 Å². The van der Waals surface area contributed by atoms with E-state index in [1.807, 2.05) is 0 Å². The van der Waals surface area contributed by atoms with E-state index in [0.29, 0.717) is 11.4 Å². The van der Waals surface area contributed by atoms with Gasteiger partial charge < -0.3 is 15.2 Å². The van der Waals surface area contributed by atoms with Crippen LogP contribution in [0.25, 0.3) is 0 Å². The van der Waals surface area contributed by atoms with Gasteiger partial charge in [-0.05, 0) is 30.3 Å². The van der Waals surface area contributed by atoms with Crippen LogP contribution in [-0.2, 0) is 0 Å². The van der Waals surface area contributed by atoms with Crippen molar-refractivity contribution in [1.82, 2.24) is 0 Å². The number of carbonyl (C=O) groups is 2. The number of hydrogen-bond acceptors (Lipinski definition) is 5. The van der Waals surface area contributed by atoms with Crippen LogP contribution in [0.3, 0.4) is 0 Å². The smallest absolute Gasteiger partial charge is 0.336 e. The van der Waals surface area contributed by atoms with Crippen LogP contribution in [0, 0.1) is 10.1 Å². The summed E-state index contributed by atoms with van der Waals surface area (Å²) in [6.45, 7) is 0. The van der Waals surface area contributed by atoms with E-state index in [2.05, 4.69) is 5.32 Å². The van der Waals surface area contributed by atoms with Gasteiger partial charge in [0.05, 0.1) is 17.6 Å². The summed E-state index contributed by atoms with van der Waals surface area (Å²) in [5.41, 5.74) is -1.16. The van der Waals surface area contributed by atoms with Crippen molar-refractivity contribution < 1.29 is 24.4 Å². The van der Waals surface area contributed by atoms with E-state index in [1.54, 1.807) is 12.1 Å². The largest absolute Gasteiger partial charge is 0.497 e. The Kier molecular flexibility index (Phi) is 4.55. The number of amides is 1. The van der Waals surface area contributed by atoms with E-state index >= 15 is 0 Å². The molecule has 0 bridgehead atoms. The lowest BCUT2D eigenvalue weighted by atomic mass is 10.0. The second-order valence-electron chi connectivity index (χ2n) is 4.44. The minimum atomic E-state index is -1.42. The molecular weight excluding hydrogens is 304 g/mol. The second-order valence-corrected chi connectivity index (χ2v) is 4.44. The first-order valence-electron chi connectivity index (χ1n) is 6.40. The van der Waals surface area contributed by atoms with Crippen LogP contribution in [-0.4, -0.2) is 29.0 Å². The molecule has 0 aliphatic heterocycles. The number of nitro groups is 1. The van der Waals surface area contributed by atoms with Crippen LogP contribution in [0.5, 0.6) is 5.75 Å². The average Bonchev–Trinajstić information content (AvgIpc) is 2.54. The maximum atomic E-state index is 12.3. The first kappa shape index (κ1) is 16.0. The predicted molar refractivity (Wildman–Crippen MR) is 81.0 cm³/mol. The number of anilines is 1. The van der Waals surface area contributed by atoms with Gasteiger partial charge in [0.25, 0.3) is 11.6 Å². The molecule has 2 aromatic carbocycles. The summed E-state index contributed by atoms with van der Waals surface area (Å²) in [7, 11) is 1.49. The van der Waals surface area contributed by atoms with Gasteiger partial charge in [-0.1, -0.05) is 6.07 Å². The summed E-state index contributed by atoms with van der Waals surface area (Å²) in [4.78, 5) is 33.8. The summed E-state index contributed by atoms with van der Waals surface area (Å²) < 4.78 is 4.98. The van der Waals surface area contributed by atoms with Crippen molar-refractivity contribution in [1.29, 1.82) is 0 Å². The Balaban J connectivity index is 2.41. The highest BCUT2D eigenvalue weighted by Crippen LogP contribution is 2.24. The van der Waals surface area contributed by atoms with Gasteiger partial charge in [-0.3, -0.25) is 14.9 Å². The molecule has 1 amide bonds. The molecular formula is C15H12N2O6. The maximum absolute atomic E-state index is 12.3. The number of methoxy groups -OCH3 is 1. The van der Waals surface area contributed by atoms with Crippen molar-refractivity contribution in [2.75, 3.05) is 12.4 Å². The Hall–Kier alpha value is -3.42. The molecule has 0 aromatic heterocycles. The van der Waals surface area contributed by atoms with Crippen LogP contribution < -0.4 is 10.1 Å². The fraction of sp³-hybridized carbons (Fsp3) is 0.0667. The molecule has 0 heterocycles. The molecule has 2 rings (SSSR count). The van der Waals surface area contributed by atoms with Crippen molar-refractivity contribution in [3.05, 3.63) is 63.7 Å². The molecule has 0 aliphatic carbocycles. The number of nitrogens with one attached hydrogen (secondary N) is 1. The summed E-state index contributed by atoms with van der Waals surface area (Å²) in [5.74, 6) is -1.73. The fourth-order valence-electron chi connectivity index (χ4n) is 1.98. The number of ether oxygens (including phenoxy) is 1. The molecule has 2 aromatic rings. The molecule has 0 atom stereocenters. The molecule has 0 unspecified atom stereocenters. The number of hydrogen-bond donors (Lipinski definition) is 2. The topological polar surface area (TPSA) is 119 Å². The number of carboxylic acid groups (broad SMARTS) is 1. The standard InChI is InChI=1S/C15H12N2O6/c1-23-10-7-5-9(6-8-10)16-14(18)13-11(15(19)20)3-2-4-12(13)17(21)22/h2-8H,1H3,(H,16,18)(H,19,20). The Morgan fingerprint density at radius 3 is 2.35 bits per heavy atom. The van der Waals surface area contributed by atoms with Crippen molar-refractivity contribution >= 4 is 23.3 Å². The number of carboxylic acids is 1. The molecule has 0 saturated heterocycles. The third-order valence-corrected chi connectivity index (χ3v) is 3.04. The van der Waals surface area contributed by atoms with Gasteiger partial charge in [-0.25, -0.2) is 4.79 Å². The van der Waals surface area contributed by atoms with Gasteiger partial charge in [0.2, 0.25) is 0 Å².